The van der Waals surface area contributed by atoms with Crippen LogP contribution in [-0.4, -0.2) is 11.0 Å². The molecule has 2 N–H and O–H groups in total. The lowest BCUT2D eigenvalue weighted by molar-refractivity contribution is 0.102. The largest absolute Gasteiger partial charge is 0.506 e. The van der Waals surface area contributed by atoms with Gasteiger partial charge in [-0.25, -0.2) is 0 Å². The number of anilines is 1. The van der Waals surface area contributed by atoms with E-state index < -0.39 is 0 Å². The van der Waals surface area contributed by atoms with Crippen molar-refractivity contribution in [2.75, 3.05) is 5.32 Å². The van der Waals surface area contributed by atoms with E-state index in [1.54, 1.807) is 35.6 Å². The average Bonchev–Trinajstić information content (AvgIpc) is 2.63. The highest BCUT2D eigenvalue weighted by Crippen LogP contribution is 2.25. The lowest BCUT2D eigenvalue weighted by atomic mass is 10.1. The summed E-state index contributed by atoms with van der Waals surface area (Å²) < 4.78 is 0. The fourth-order valence-electron chi connectivity index (χ4n) is 1.51. The molecule has 1 amide bonds. The first-order valence-electron chi connectivity index (χ1n) is 5.23. The fraction of sp³-hybridized carbons (Fsp3) is 0.154. The molecule has 0 unspecified atom stereocenters. The lowest BCUT2D eigenvalue weighted by Crippen LogP contribution is -2.12. The molecule has 0 radical (unpaired) electrons. The summed E-state index contributed by atoms with van der Waals surface area (Å²) in [6, 6.07) is 6.69. The van der Waals surface area contributed by atoms with Crippen LogP contribution in [0.1, 0.15) is 20.8 Å². The molecule has 0 aliphatic carbocycles. The molecule has 1 aromatic carbocycles. The topological polar surface area (TPSA) is 49.3 Å². The Morgan fingerprint density at radius 2 is 2.00 bits per heavy atom. The highest BCUT2D eigenvalue weighted by molar-refractivity contribution is 7.10. The van der Waals surface area contributed by atoms with Crippen molar-refractivity contribution >= 4 is 22.9 Å². The van der Waals surface area contributed by atoms with Gasteiger partial charge in [0.1, 0.15) is 5.75 Å². The van der Waals surface area contributed by atoms with Crippen LogP contribution in [0.25, 0.3) is 0 Å². The number of para-hydroxylation sites is 2. The lowest BCUT2D eigenvalue weighted by Gasteiger charge is -2.06. The summed E-state index contributed by atoms with van der Waals surface area (Å²) in [5, 5.41) is 14.1. The summed E-state index contributed by atoms with van der Waals surface area (Å²) in [4.78, 5) is 13.1. The highest BCUT2D eigenvalue weighted by atomic mass is 32.1. The number of phenolic OH excluding ortho intramolecular Hbond substituents is 1. The van der Waals surface area contributed by atoms with Crippen molar-refractivity contribution in [1.82, 2.24) is 0 Å². The molecule has 0 aliphatic rings. The standard InChI is InChI=1S/C13H13NO2S/c1-8-9(2)17-7-10(8)13(16)14-11-5-3-4-6-12(11)15/h3-7,15H,1-2H3,(H,14,16). The van der Waals surface area contributed by atoms with Crippen LogP contribution in [0.2, 0.25) is 0 Å². The summed E-state index contributed by atoms with van der Waals surface area (Å²) in [5.74, 6) is -0.112. The van der Waals surface area contributed by atoms with Gasteiger partial charge in [0.15, 0.2) is 0 Å². The first-order chi connectivity index (χ1) is 8.09. The number of thiophene rings is 1. The molecule has 1 heterocycles. The van der Waals surface area contributed by atoms with Crippen LogP contribution >= 0.6 is 11.3 Å². The quantitative estimate of drug-likeness (QED) is 0.800. The van der Waals surface area contributed by atoms with Crippen molar-refractivity contribution < 1.29 is 9.90 Å². The van der Waals surface area contributed by atoms with E-state index in [1.165, 1.54) is 0 Å². The molecular formula is C13H13NO2S. The maximum atomic E-state index is 12.0. The number of hydrogen-bond acceptors (Lipinski definition) is 3. The third-order valence-corrected chi connectivity index (χ3v) is 3.70. The number of hydrogen-bond donors (Lipinski definition) is 2. The number of carbonyl (C=O) groups is 1. The molecule has 0 bridgehead atoms. The zero-order valence-electron chi connectivity index (χ0n) is 9.65. The summed E-state index contributed by atoms with van der Waals surface area (Å²) in [6.45, 7) is 3.91. The Morgan fingerprint density at radius 3 is 2.59 bits per heavy atom. The van der Waals surface area contributed by atoms with Gasteiger partial charge in [0.25, 0.3) is 5.91 Å². The van der Waals surface area contributed by atoms with E-state index >= 15 is 0 Å². The molecule has 0 fully saturated rings. The Bertz CT molecular complexity index is 560. The number of rotatable bonds is 2. The molecule has 88 valence electrons. The van der Waals surface area contributed by atoms with Crippen molar-refractivity contribution in [3.63, 3.8) is 0 Å². The van der Waals surface area contributed by atoms with Crippen LogP contribution in [0.15, 0.2) is 29.6 Å². The number of aryl methyl sites for hydroxylation is 1. The molecule has 0 aliphatic heterocycles. The maximum absolute atomic E-state index is 12.0. The normalized spacial score (nSPS) is 10.2. The molecule has 4 heteroatoms. The third kappa shape index (κ3) is 2.31. The van der Waals surface area contributed by atoms with Crippen LogP contribution in [0, 0.1) is 13.8 Å². The fourth-order valence-corrected chi connectivity index (χ4v) is 2.37. The van der Waals surface area contributed by atoms with Gasteiger partial charge in [0.05, 0.1) is 11.3 Å². The Labute approximate surface area is 104 Å². The monoisotopic (exact) mass is 247 g/mol. The van der Waals surface area contributed by atoms with Gasteiger partial charge in [-0.05, 0) is 31.5 Å². The molecule has 0 atom stereocenters. The number of benzene rings is 1. The number of amides is 1. The van der Waals surface area contributed by atoms with Crippen molar-refractivity contribution in [2.24, 2.45) is 0 Å². The predicted octanol–water partition coefficient (Wildman–Crippen LogP) is 3.32. The second-order valence-electron chi connectivity index (χ2n) is 3.80. The molecule has 0 saturated heterocycles. The zero-order chi connectivity index (χ0) is 12.4. The van der Waals surface area contributed by atoms with E-state index in [4.69, 9.17) is 0 Å². The maximum Gasteiger partial charge on any atom is 0.256 e. The summed E-state index contributed by atoms with van der Waals surface area (Å²) in [7, 11) is 0. The van der Waals surface area contributed by atoms with Gasteiger partial charge in [-0.15, -0.1) is 11.3 Å². The molecular weight excluding hydrogens is 234 g/mol. The van der Waals surface area contributed by atoms with E-state index in [1.807, 2.05) is 19.2 Å². The predicted molar refractivity (Wildman–Crippen MR) is 69.9 cm³/mol. The number of carbonyl (C=O) groups excluding carboxylic acids is 1. The van der Waals surface area contributed by atoms with Crippen molar-refractivity contribution in [2.45, 2.75) is 13.8 Å². The van der Waals surface area contributed by atoms with Gasteiger partial charge in [0.2, 0.25) is 0 Å². The minimum Gasteiger partial charge on any atom is -0.506 e. The first kappa shape index (κ1) is 11.7. The van der Waals surface area contributed by atoms with E-state index in [9.17, 15) is 9.90 Å². The average molecular weight is 247 g/mol. The Balaban J connectivity index is 2.23. The van der Waals surface area contributed by atoms with E-state index in [0.717, 1.165) is 10.4 Å². The van der Waals surface area contributed by atoms with Gasteiger partial charge in [0, 0.05) is 10.3 Å². The minimum atomic E-state index is -0.187. The van der Waals surface area contributed by atoms with Crippen LogP contribution < -0.4 is 5.32 Å². The van der Waals surface area contributed by atoms with Gasteiger partial charge < -0.3 is 10.4 Å². The number of phenols is 1. The van der Waals surface area contributed by atoms with Gasteiger partial charge in [-0.3, -0.25) is 4.79 Å². The molecule has 17 heavy (non-hydrogen) atoms. The summed E-state index contributed by atoms with van der Waals surface area (Å²) in [5.41, 5.74) is 2.08. The van der Waals surface area contributed by atoms with Crippen molar-refractivity contribution in [1.29, 1.82) is 0 Å². The third-order valence-electron chi connectivity index (χ3n) is 2.68. The van der Waals surface area contributed by atoms with Gasteiger partial charge in [-0.2, -0.15) is 0 Å². The molecule has 2 aromatic rings. The Morgan fingerprint density at radius 1 is 1.29 bits per heavy atom. The van der Waals surface area contributed by atoms with Crippen molar-refractivity contribution in [3.05, 3.63) is 45.6 Å². The zero-order valence-corrected chi connectivity index (χ0v) is 10.5. The molecule has 3 nitrogen and oxygen atoms in total. The second kappa shape index (κ2) is 4.59. The van der Waals surface area contributed by atoms with Crippen LogP contribution in [0.4, 0.5) is 5.69 Å². The minimum absolute atomic E-state index is 0.0745. The van der Waals surface area contributed by atoms with E-state index in [0.29, 0.717) is 11.3 Å². The molecule has 2 rings (SSSR count). The van der Waals surface area contributed by atoms with E-state index in [2.05, 4.69) is 5.32 Å². The first-order valence-corrected chi connectivity index (χ1v) is 6.11. The summed E-state index contributed by atoms with van der Waals surface area (Å²) in [6.07, 6.45) is 0. The number of aromatic hydroxyl groups is 1. The smallest absolute Gasteiger partial charge is 0.256 e. The van der Waals surface area contributed by atoms with Crippen LogP contribution in [0.3, 0.4) is 0 Å². The van der Waals surface area contributed by atoms with Gasteiger partial charge >= 0.3 is 0 Å². The van der Waals surface area contributed by atoms with Crippen LogP contribution in [-0.2, 0) is 0 Å². The Hall–Kier alpha value is -1.81. The van der Waals surface area contributed by atoms with Gasteiger partial charge in [-0.1, -0.05) is 12.1 Å². The van der Waals surface area contributed by atoms with Crippen molar-refractivity contribution in [3.8, 4) is 5.75 Å². The van der Waals surface area contributed by atoms with Crippen LogP contribution in [0.5, 0.6) is 5.75 Å². The number of nitrogens with one attached hydrogen (secondary N) is 1. The molecule has 1 aromatic heterocycles. The molecule has 0 spiro atoms. The SMILES string of the molecule is Cc1scc(C(=O)Nc2ccccc2O)c1C. The van der Waals surface area contributed by atoms with E-state index in [-0.39, 0.29) is 11.7 Å². The second-order valence-corrected chi connectivity index (χ2v) is 4.89. The Kier molecular flexibility index (Phi) is 3.15. The molecule has 0 saturated carbocycles. The highest BCUT2D eigenvalue weighted by Gasteiger charge is 2.13. The summed E-state index contributed by atoms with van der Waals surface area (Å²) >= 11 is 1.55.